The van der Waals surface area contributed by atoms with Crippen molar-refractivity contribution in [3.8, 4) is 0 Å². The predicted molar refractivity (Wildman–Crippen MR) is 76.5 cm³/mol. The molecule has 0 aliphatic heterocycles. The van der Waals surface area contributed by atoms with E-state index in [-0.39, 0.29) is 5.82 Å². The van der Waals surface area contributed by atoms with Crippen molar-refractivity contribution in [3.05, 3.63) is 34.6 Å². The Morgan fingerprint density at radius 3 is 2.56 bits per heavy atom. The fraction of sp³-hybridized carbons (Fsp3) is 0.600. The Hall–Kier alpha value is -0.600. The second-order valence-electron chi connectivity index (χ2n) is 4.64. The Morgan fingerprint density at radius 1 is 1.11 bits per heavy atom. The summed E-state index contributed by atoms with van der Waals surface area (Å²) in [7, 11) is 0. The monoisotopic (exact) mass is 271 g/mol. The molecular weight excluding hydrogens is 249 g/mol. The summed E-state index contributed by atoms with van der Waals surface area (Å²) >= 11 is 5.95. The molecule has 0 amide bonds. The van der Waals surface area contributed by atoms with E-state index in [1.165, 1.54) is 38.2 Å². The maximum Gasteiger partial charge on any atom is 0.129 e. The van der Waals surface area contributed by atoms with Gasteiger partial charge in [-0.15, -0.1) is 0 Å². The Bertz CT molecular complexity index is 321. The molecule has 1 nitrogen and oxygen atoms in total. The third-order valence-corrected chi connectivity index (χ3v) is 3.42. The van der Waals surface area contributed by atoms with Crippen molar-refractivity contribution >= 4 is 11.6 Å². The first-order chi connectivity index (χ1) is 8.75. The Morgan fingerprint density at radius 2 is 1.83 bits per heavy atom. The van der Waals surface area contributed by atoms with Crippen molar-refractivity contribution in [1.29, 1.82) is 0 Å². The van der Waals surface area contributed by atoms with Gasteiger partial charge in [0.25, 0.3) is 0 Å². The zero-order chi connectivity index (χ0) is 13.2. The molecule has 18 heavy (non-hydrogen) atoms. The maximum atomic E-state index is 13.4. The highest BCUT2D eigenvalue weighted by molar-refractivity contribution is 6.31. The number of rotatable bonds is 9. The summed E-state index contributed by atoms with van der Waals surface area (Å²) < 4.78 is 13.4. The summed E-state index contributed by atoms with van der Waals surface area (Å²) in [5.74, 6) is -0.224. The van der Waals surface area contributed by atoms with Crippen LogP contribution in [-0.2, 0) is 6.54 Å². The minimum atomic E-state index is -0.224. The number of hydrogen-bond acceptors (Lipinski definition) is 1. The highest BCUT2D eigenvalue weighted by atomic mass is 35.5. The van der Waals surface area contributed by atoms with Gasteiger partial charge in [0.15, 0.2) is 0 Å². The molecule has 0 unspecified atom stereocenters. The lowest BCUT2D eigenvalue weighted by molar-refractivity contribution is 0.556. The molecule has 0 heterocycles. The van der Waals surface area contributed by atoms with Gasteiger partial charge in [-0.05, 0) is 25.1 Å². The van der Waals surface area contributed by atoms with Gasteiger partial charge in [-0.3, -0.25) is 0 Å². The fourth-order valence-electron chi connectivity index (χ4n) is 1.94. The van der Waals surface area contributed by atoms with Gasteiger partial charge in [0.1, 0.15) is 5.82 Å². The Balaban J connectivity index is 2.11. The average molecular weight is 272 g/mol. The van der Waals surface area contributed by atoms with Crippen LogP contribution < -0.4 is 5.32 Å². The van der Waals surface area contributed by atoms with Gasteiger partial charge in [0.2, 0.25) is 0 Å². The van der Waals surface area contributed by atoms with Gasteiger partial charge in [0.05, 0.1) is 0 Å². The lowest BCUT2D eigenvalue weighted by atomic mass is 10.1. The molecule has 1 aromatic rings. The molecule has 1 N–H and O–H groups in total. The first-order valence-electron chi connectivity index (χ1n) is 6.89. The lowest BCUT2D eigenvalue weighted by Gasteiger charge is -2.07. The summed E-state index contributed by atoms with van der Waals surface area (Å²) in [5, 5.41) is 3.75. The lowest BCUT2D eigenvalue weighted by Crippen LogP contribution is -2.15. The largest absolute Gasteiger partial charge is 0.313 e. The minimum Gasteiger partial charge on any atom is -0.313 e. The first-order valence-corrected chi connectivity index (χ1v) is 7.27. The summed E-state index contributed by atoms with van der Waals surface area (Å²) in [6.45, 7) is 3.66. The molecule has 1 aromatic carbocycles. The number of halogens is 2. The van der Waals surface area contributed by atoms with E-state index in [0.717, 1.165) is 13.0 Å². The first kappa shape index (κ1) is 15.5. The van der Waals surface area contributed by atoms with Gasteiger partial charge < -0.3 is 5.32 Å². The second-order valence-corrected chi connectivity index (χ2v) is 5.05. The molecule has 102 valence electrons. The molecule has 1 rings (SSSR count). The number of hydrogen-bond donors (Lipinski definition) is 1. The van der Waals surface area contributed by atoms with Crippen molar-refractivity contribution < 1.29 is 4.39 Å². The summed E-state index contributed by atoms with van der Waals surface area (Å²) in [6.07, 6.45) is 7.64. The van der Waals surface area contributed by atoms with E-state index in [2.05, 4.69) is 12.2 Å². The van der Waals surface area contributed by atoms with Crippen LogP contribution in [0.4, 0.5) is 4.39 Å². The molecular formula is C15H23ClFN. The maximum absolute atomic E-state index is 13.4. The number of benzene rings is 1. The van der Waals surface area contributed by atoms with Crippen molar-refractivity contribution in [2.45, 2.75) is 52.0 Å². The molecule has 0 bridgehead atoms. The van der Waals surface area contributed by atoms with E-state index in [0.29, 0.717) is 17.1 Å². The molecule has 0 aliphatic carbocycles. The van der Waals surface area contributed by atoms with Crippen molar-refractivity contribution in [3.63, 3.8) is 0 Å². The zero-order valence-corrected chi connectivity index (χ0v) is 11.9. The van der Waals surface area contributed by atoms with Crippen LogP contribution in [-0.4, -0.2) is 6.54 Å². The fourth-order valence-corrected chi connectivity index (χ4v) is 2.17. The number of unbranched alkanes of at least 4 members (excludes halogenated alkanes) is 5. The topological polar surface area (TPSA) is 12.0 Å². The normalized spacial score (nSPS) is 10.8. The third kappa shape index (κ3) is 5.83. The molecule has 0 saturated carbocycles. The van der Waals surface area contributed by atoms with Crippen LogP contribution in [0.15, 0.2) is 18.2 Å². The van der Waals surface area contributed by atoms with Gasteiger partial charge in [-0.25, -0.2) is 4.39 Å². The van der Waals surface area contributed by atoms with Gasteiger partial charge in [-0.1, -0.05) is 56.7 Å². The van der Waals surface area contributed by atoms with E-state index >= 15 is 0 Å². The van der Waals surface area contributed by atoms with Crippen LogP contribution in [0.2, 0.25) is 5.02 Å². The molecule has 0 aromatic heterocycles. The molecule has 3 heteroatoms. The van der Waals surface area contributed by atoms with Crippen molar-refractivity contribution in [2.75, 3.05) is 6.54 Å². The smallest absolute Gasteiger partial charge is 0.129 e. The van der Waals surface area contributed by atoms with Crippen LogP contribution in [0.3, 0.4) is 0 Å². The minimum absolute atomic E-state index is 0.224. The zero-order valence-electron chi connectivity index (χ0n) is 11.1. The van der Waals surface area contributed by atoms with E-state index in [9.17, 15) is 4.39 Å². The molecule has 0 aliphatic rings. The van der Waals surface area contributed by atoms with Crippen molar-refractivity contribution in [1.82, 2.24) is 5.32 Å². The van der Waals surface area contributed by atoms with Gasteiger partial charge >= 0.3 is 0 Å². The van der Waals surface area contributed by atoms with Crippen LogP contribution in [0.1, 0.15) is 51.0 Å². The predicted octanol–water partition coefficient (Wildman–Crippen LogP) is 4.93. The highest BCUT2D eigenvalue weighted by Crippen LogP contribution is 2.18. The van der Waals surface area contributed by atoms with Crippen LogP contribution in [0.25, 0.3) is 0 Å². The molecule has 0 fully saturated rings. The standard InChI is InChI=1S/C15H23ClFN/c1-2-3-4-5-6-7-11-18-12-13-14(16)9-8-10-15(13)17/h8-10,18H,2-7,11-12H2,1H3. The Labute approximate surface area is 115 Å². The SMILES string of the molecule is CCCCCCCCNCc1c(F)cccc1Cl. The summed E-state index contributed by atoms with van der Waals surface area (Å²) in [5.41, 5.74) is 0.574. The van der Waals surface area contributed by atoms with Crippen molar-refractivity contribution in [2.24, 2.45) is 0 Å². The van der Waals surface area contributed by atoms with E-state index in [4.69, 9.17) is 11.6 Å². The van der Waals surface area contributed by atoms with Gasteiger partial charge in [-0.2, -0.15) is 0 Å². The molecule has 0 spiro atoms. The third-order valence-electron chi connectivity index (χ3n) is 3.07. The van der Waals surface area contributed by atoms with E-state index in [1.807, 2.05) is 0 Å². The average Bonchev–Trinajstić information content (AvgIpc) is 2.35. The Kier molecular flexibility index (Phi) is 8.03. The quantitative estimate of drug-likeness (QED) is 0.628. The summed E-state index contributed by atoms with van der Waals surface area (Å²) in [6, 6.07) is 4.81. The van der Waals surface area contributed by atoms with Gasteiger partial charge in [0, 0.05) is 17.1 Å². The summed E-state index contributed by atoms with van der Waals surface area (Å²) in [4.78, 5) is 0. The highest BCUT2D eigenvalue weighted by Gasteiger charge is 2.05. The van der Waals surface area contributed by atoms with E-state index in [1.54, 1.807) is 12.1 Å². The number of nitrogens with one attached hydrogen (secondary N) is 1. The van der Waals surface area contributed by atoms with Crippen LogP contribution in [0, 0.1) is 5.82 Å². The van der Waals surface area contributed by atoms with Crippen LogP contribution in [0.5, 0.6) is 0 Å². The van der Waals surface area contributed by atoms with Crippen LogP contribution >= 0.6 is 11.6 Å². The molecule has 0 saturated heterocycles. The van der Waals surface area contributed by atoms with E-state index < -0.39 is 0 Å². The molecule has 0 radical (unpaired) electrons. The molecule has 0 atom stereocenters. The second kappa shape index (κ2) is 9.35.